The molecule has 0 N–H and O–H groups in total. The first kappa shape index (κ1) is 14.1. The van der Waals surface area contributed by atoms with Gasteiger partial charge in [-0.3, -0.25) is 9.59 Å². The third-order valence-electron chi connectivity index (χ3n) is 4.66. The summed E-state index contributed by atoms with van der Waals surface area (Å²) in [5.41, 5.74) is 2.62. The van der Waals surface area contributed by atoms with Gasteiger partial charge in [0.05, 0.1) is 5.92 Å². The summed E-state index contributed by atoms with van der Waals surface area (Å²) < 4.78 is 0. The van der Waals surface area contributed by atoms with Crippen LogP contribution in [0.5, 0.6) is 0 Å². The average molecular weight is 286 g/mol. The number of nitrogens with zero attached hydrogens (tertiary/aromatic N) is 2. The van der Waals surface area contributed by atoms with Gasteiger partial charge in [0.1, 0.15) is 0 Å². The third kappa shape index (κ3) is 2.94. The number of carbonyl (C=O) groups excluding carboxylic acids is 2. The fraction of sp³-hybridized carbons (Fsp3) is 0.529. The molecular formula is C17H22N2O2. The smallest absolute Gasteiger partial charge is 0.227 e. The lowest BCUT2D eigenvalue weighted by Crippen LogP contribution is -2.47. The van der Waals surface area contributed by atoms with Gasteiger partial charge in [-0.1, -0.05) is 24.3 Å². The summed E-state index contributed by atoms with van der Waals surface area (Å²) in [6.45, 7) is 4.48. The lowest BCUT2D eigenvalue weighted by atomic mass is 9.94. The van der Waals surface area contributed by atoms with Crippen molar-refractivity contribution in [3.05, 3.63) is 35.4 Å². The molecule has 4 heteroatoms. The van der Waals surface area contributed by atoms with Crippen LogP contribution in [-0.2, 0) is 22.6 Å². The van der Waals surface area contributed by atoms with Crippen molar-refractivity contribution in [3.8, 4) is 0 Å². The lowest BCUT2D eigenvalue weighted by Gasteiger charge is -2.36. The monoisotopic (exact) mass is 286 g/mol. The molecule has 1 aromatic rings. The molecule has 2 aliphatic heterocycles. The number of benzene rings is 1. The standard InChI is InChI=1S/C17H22N2O2/c1-13(20)18-9-4-7-16(12-18)17(21)19-10-8-14-5-2-3-6-15(14)11-19/h2-3,5-6,16H,4,7-12H2,1H3. The summed E-state index contributed by atoms with van der Waals surface area (Å²) in [6, 6.07) is 8.35. The molecule has 1 saturated heterocycles. The van der Waals surface area contributed by atoms with E-state index in [-0.39, 0.29) is 17.7 Å². The molecule has 0 radical (unpaired) electrons. The fourth-order valence-electron chi connectivity index (χ4n) is 3.41. The summed E-state index contributed by atoms with van der Waals surface area (Å²) in [4.78, 5) is 28.0. The van der Waals surface area contributed by atoms with E-state index in [9.17, 15) is 9.59 Å². The molecule has 0 spiro atoms. The van der Waals surface area contributed by atoms with Gasteiger partial charge in [0.15, 0.2) is 0 Å². The van der Waals surface area contributed by atoms with Gasteiger partial charge in [-0.15, -0.1) is 0 Å². The summed E-state index contributed by atoms with van der Waals surface area (Å²) in [7, 11) is 0. The molecule has 0 saturated carbocycles. The van der Waals surface area contributed by atoms with Gasteiger partial charge in [0.25, 0.3) is 0 Å². The molecule has 2 aliphatic rings. The van der Waals surface area contributed by atoms with E-state index in [0.717, 1.165) is 32.4 Å². The van der Waals surface area contributed by atoms with Crippen LogP contribution in [0.25, 0.3) is 0 Å². The molecule has 1 unspecified atom stereocenters. The Bertz CT molecular complexity index is 555. The minimum Gasteiger partial charge on any atom is -0.342 e. The maximum absolute atomic E-state index is 12.7. The predicted octanol–water partition coefficient (Wildman–Crippen LogP) is 1.83. The van der Waals surface area contributed by atoms with E-state index < -0.39 is 0 Å². The molecule has 112 valence electrons. The fourth-order valence-corrected chi connectivity index (χ4v) is 3.41. The zero-order valence-electron chi connectivity index (χ0n) is 12.5. The summed E-state index contributed by atoms with van der Waals surface area (Å²) in [6.07, 6.45) is 2.77. The Hall–Kier alpha value is -1.84. The number of hydrogen-bond acceptors (Lipinski definition) is 2. The first-order chi connectivity index (χ1) is 10.1. The topological polar surface area (TPSA) is 40.6 Å². The van der Waals surface area contributed by atoms with Crippen molar-refractivity contribution in [1.82, 2.24) is 9.80 Å². The van der Waals surface area contributed by atoms with Crippen molar-refractivity contribution in [3.63, 3.8) is 0 Å². The van der Waals surface area contributed by atoms with Crippen LogP contribution in [0, 0.1) is 5.92 Å². The van der Waals surface area contributed by atoms with Crippen LogP contribution in [0.3, 0.4) is 0 Å². The van der Waals surface area contributed by atoms with Crippen LogP contribution in [0.2, 0.25) is 0 Å². The second-order valence-corrected chi connectivity index (χ2v) is 6.08. The van der Waals surface area contributed by atoms with Gasteiger partial charge in [0, 0.05) is 33.1 Å². The second kappa shape index (κ2) is 5.88. The first-order valence-corrected chi connectivity index (χ1v) is 7.76. The Morgan fingerprint density at radius 3 is 2.62 bits per heavy atom. The first-order valence-electron chi connectivity index (χ1n) is 7.76. The van der Waals surface area contributed by atoms with E-state index in [2.05, 4.69) is 18.2 Å². The van der Waals surface area contributed by atoms with Gasteiger partial charge in [-0.05, 0) is 30.4 Å². The van der Waals surface area contributed by atoms with Crippen molar-refractivity contribution >= 4 is 11.8 Å². The average Bonchev–Trinajstić information content (AvgIpc) is 2.53. The van der Waals surface area contributed by atoms with Gasteiger partial charge >= 0.3 is 0 Å². The molecule has 1 atom stereocenters. The van der Waals surface area contributed by atoms with Crippen LogP contribution in [-0.4, -0.2) is 41.2 Å². The van der Waals surface area contributed by atoms with E-state index in [1.54, 1.807) is 6.92 Å². The zero-order valence-corrected chi connectivity index (χ0v) is 12.5. The van der Waals surface area contributed by atoms with E-state index in [0.29, 0.717) is 13.1 Å². The SMILES string of the molecule is CC(=O)N1CCCC(C(=O)N2CCc3ccccc3C2)C1. The number of piperidine rings is 1. The summed E-state index contributed by atoms with van der Waals surface area (Å²) >= 11 is 0. The molecule has 4 nitrogen and oxygen atoms in total. The number of hydrogen-bond donors (Lipinski definition) is 0. The van der Waals surface area contributed by atoms with Crippen molar-refractivity contribution in [2.24, 2.45) is 5.92 Å². The number of fused-ring (bicyclic) bond motifs is 1. The van der Waals surface area contributed by atoms with Crippen molar-refractivity contribution in [2.75, 3.05) is 19.6 Å². The van der Waals surface area contributed by atoms with E-state index >= 15 is 0 Å². The Morgan fingerprint density at radius 2 is 1.86 bits per heavy atom. The highest BCUT2D eigenvalue weighted by Crippen LogP contribution is 2.24. The minimum atomic E-state index is -0.0205. The number of rotatable bonds is 1. The largest absolute Gasteiger partial charge is 0.342 e. The van der Waals surface area contributed by atoms with Crippen LogP contribution in [0.1, 0.15) is 30.9 Å². The molecule has 21 heavy (non-hydrogen) atoms. The van der Waals surface area contributed by atoms with Crippen LogP contribution in [0.15, 0.2) is 24.3 Å². The third-order valence-corrected chi connectivity index (χ3v) is 4.66. The van der Waals surface area contributed by atoms with E-state index in [4.69, 9.17) is 0 Å². The molecule has 0 bridgehead atoms. The van der Waals surface area contributed by atoms with Crippen LogP contribution in [0.4, 0.5) is 0 Å². The van der Waals surface area contributed by atoms with Gasteiger partial charge < -0.3 is 9.80 Å². The Kier molecular flexibility index (Phi) is 3.95. The Morgan fingerprint density at radius 1 is 1.10 bits per heavy atom. The molecule has 3 rings (SSSR count). The summed E-state index contributed by atoms with van der Waals surface area (Å²) in [5.74, 6) is 0.278. The van der Waals surface area contributed by atoms with Crippen molar-refractivity contribution < 1.29 is 9.59 Å². The molecule has 0 aromatic heterocycles. The Balaban J connectivity index is 1.67. The molecule has 0 aliphatic carbocycles. The molecular weight excluding hydrogens is 264 g/mol. The number of likely N-dealkylation sites (tertiary alicyclic amines) is 1. The highest BCUT2D eigenvalue weighted by Gasteiger charge is 2.31. The summed E-state index contributed by atoms with van der Waals surface area (Å²) in [5, 5.41) is 0. The van der Waals surface area contributed by atoms with Gasteiger partial charge in [0.2, 0.25) is 11.8 Å². The van der Waals surface area contributed by atoms with Gasteiger partial charge in [-0.25, -0.2) is 0 Å². The van der Waals surface area contributed by atoms with Crippen molar-refractivity contribution in [1.29, 1.82) is 0 Å². The quantitative estimate of drug-likeness (QED) is 0.790. The maximum Gasteiger partial charge on any atom is 0.227 e. The highest BCUT2D eigenvalue weighted by atomic mass is 16.2. The number of carbonyl (C=O) groups is 2. The van der Waals surface area contributed by atoms with Crippen LogP contribution < -0.4 is 0 Å². The zero-order chi connectivity index (χ0) is 14.8. The molecule has 1 aromatic carbocycles. The minimum absolute atomic E-state index is 0.0205. The lowest BCUT2D eigenvalue weighted by molar-refractivity contribution is -0.140. The maximum atomic E-state index is 12.7. The van der Waals surface area contributed by atoms with Crippen molar-refractivity contribution in [2.45, 2.75) is 32.7 Å². The normalized spacial score (nSPS) is 21.9. The number of amides is 2. The second-order valence-electron chi connectivity index (χ2n) is 6.08. The predicted molar refractivity (Wildman–Crippen MR) is 80.5 cm³/mol. The molecule has 1 fully saturated rings. The molecule has 2 heterocycles. The van der Waals surface area contributed by atoms with Gasteiger partial charge in [-0.2, -0.15) is 0 Å². The molecule has 2 amide bonds. The van der Waals surface area contributed by atoms with E-state index in [1.807, 2.05) is 15.9 Å². The Labute approximate surface area is 125 Å². The highest BCUT2D eigenvalue weighted by molar-refractivity contribution is 5.81. The van der Waals surface area contributed by atoms with E-state index in [1.165, 1.54) is 11.1 Å². The van der Waals surface area contributed by atoms with Crippen LogP contribution >= 0.6 is 0 Å².